The highest BCUT2D eigenvalue weighted by Gasteiger charge is 2.26. The number of nitrogens with zero attached hydrogens (tertiary/aromatic N) is 4. The van der Waals surface area contributed by atoms with E-state index >= 15 is 0 Å². The van der Waals surface area contributed by atoms with Crippen LogP contribution >= 0.6 is 0 Å². The van der Waals surface area contributed by atoms with Gasteiger partial charge in [-0.2, -0.15) is 0 Å². The van der Waals surface area contributed by atoms with Crippen molar-refractivity contribution in [3.05, 3.63) is 70.1 Å². The molecule has 0 atom stereocenters. The van der Waals surface area contributed by atoms with Crippen LogP contribution in [-0.2, 0) is 13.6 Å². The molecule has 7 nitrogen and oxygen atoms in total. The lowest BCUT2D eigenvalue weighted by molar-refractivity contribution is 0.0956. The van der Waals surface area contributed by atoms with Crippen molar-refractivity contribution in [2.45, 2.75) is 13.5 Å². The van der Waals surface area contributed by atoms with Gasteiger partial charge in [0.15, 0.2) is 0 Å². The SMILES string of the molecule is Cc1c(-c2nc3cccc4c3n2CCNC4=O)c(=O)n(-c2ccccc2)n1C. The molecule has 0 aliphatic carbocycles. The van der Waals surface area contributed by atoms with Crippen LogP contribution in [0.15, 0.2) is 53.3 Å². The molecule has 1 aliphatic rings. The second-order valence-electron chi connectivity index (χ2n) is 6.95. The first-order valence-electron chi connectivity index (χ1n) is 9.20. The lowest BCUT2D eigenvalue weighted by atomic mass is 10.1. The Hall–Kier alpha value is -3.61. The highest BCUT2D eigenvalue weighted by Crippen LogP contribution is 2.29. The van der Waals surface area contributed by atoms with Crippen LogP contribution in [0.25, 0.3) is 28.1 Å². The van der Waals surface area contributed by atoms with Crippen molar-refractivity contribution >= 4 is 16.9 Å². The van der Waals surface area contributed by atoms with Gasteiger partial charge < -0.3 is 9.88 Å². The van der Waals surface area contributed by atoms with E-state index in [1.54, 1.807) is 10.7 Å². The van der Waals surface area contributed by atoms with Crippen LogP contribution in [0.5, 0.6) is 0 Å². The van der Waals surface area contributed by atoms with Gasteiger partial charge in [0.05, 0.1) is 22.3 Å². The number of nitrogens with one attached hydrogen (secondary N) is 1. The molecule has 4 aromatic rings. The summed E-state index contributed by atoms with van der Waals surface area (Å²) >= 11 is 0. The van der Waals surface area contributed by atoms with Crippen molar-refractivity contribution in [2.75, 3.05) is 6.54 Å². The van der Waals surface area contributed by atoms with Crippen molar-refractivity contribution in [1.82, 2.24) is 24.2 Å². The van der Waals surface area contributed by atoms with Crippen molar-refractivity contribution in [1.29, 1.82) is 0 Å². The standard InChI is InChI=1S/C21H19N5O2/c1-13-17(21(28)26(24(13)2)14-7-4-3-5-8-14)19-23-16-10-6-9-15-18(16)25(19)12-11-22-20(15)27/h3-10H,11-12H2,1-2H3,(H,22,27). The molecule has 0 fully saturated rings. The molecule has 7 heteroatoms. The maximum atomic E-state index is 13.4. The zero-order valence-electron chi connectivity index (χ0n) is 15.6. The predicted octanol–water partition coefficient (Wildman–Crippen LogP) is 2.24. The molecule has 3 heterocycles. The Kier molecular flexibility index (Phi) is 3.52. The Morgan fingerprint density at radius 2 is 1.82 bits per heavy atom. The molecule has 1 amide bonds. The number of aromatic nitrogens is 4. The van der Waals surface area contributed by atoms with Gasteiger partial charge in [-0.25, -0.2) is 9.67 Å². The van der Waals surface area contributed by atoms with Crippen LogP contribution < -0.4 is 10.9 Å². The summed E-state index contributed by atoms with van der Waals surface area (Å²) in [5.74, 6) is 0.494. The van der Waals surface area contributed by atoms with Gasteiger partial charge in [-0.3, -0.25) is 14.3 Å². The van der Waals surface area contributed by atoms with E-state index in [2.05, 4.69) is 5.32 Å². The lowest BCUT2D eigenvalue weighted by Gasteiger charge is -2.07. The largest absolute Gasteiger partial charge is 0.350 e. The number of para-hydroxylation sites is 2. The second kappa shape index (κ2) is 5.95. The summed E-state index contributed by atoms with van der Waals surface area (Å²) < 4.78 is 5.49. The fraction of sp³-hybridized carbons (Fsp3) is 0.190. The quantitative estimate of drug-likeness (QED) is 0.586. The molecule has 0 bridgehead atoms. The molecule has 0 radical (unpaired) electrons. The van der Waals surface area contributed by atoms with Gasteiger partial charge in [0, 0.05) is 25.8 Å². The molecule has 2 aromatic carbocycles. The molecule has 0 saturated heterocycles. The van der Waals surface area contributed by atoms with Gasteiger partial charge >= 0.3 is 0 Å². The molecular weight excluding hydrogens is 354 g/mol. The highest BCUT2D eigenvalue weighted by molar-refractivity contribution is 6.06. The van der Waals surface area contributed by atoms with Gasteiger partial charge in [0.2, 0.25) is 0 Å². The van der Waals surface area contributed by atoms with Crippen molar-refractivity contribution in [3.63, 3.8) is 0 Å². The summed E-state index contributed by atoms with van der Waals surface area (Å²) in [6, 6.07) is 15.0. The Balaban J connectivity index is 1.83. The fourth-order valence-electron chi connectivity index (χ4n) is 3.98. The van der Waals surface area contributed by atoms with Crippen LogP contribution in [0, 0.1) is 6.92 Å². The predicted molar refractivity (Wildman–Crippen MR) is 107 cm³/mol. The van der Waals surface area contributed by atoms with E-state index in [9.17, 15) is 9.59 Å². The summed E-state index contributed by atoms with van der Waals surface area (Å²) in [6.07, 6.45) is 0. The van der Waals surface area contributed by atoms with Crippen molar-refractivity contribution in [3.8, 4) is 17.1 Å². The average Bonchev–Trinajstić information content (AvgIpc) is 3.09. The normalized spacial score (nSPS) is 13.6. The first-order valence-corrected chi connectivity index (χ1v) is 9.20. The van der Waals surface area contributed by atoms with E-state index in [0.29, 0.717) is 30.0 Å². The number of hydrogen-bond donors (Lipinski definition) is 1. The maximum absolute atomic E-state index is 13.4. The molecule has 0 spiro atoms. The molecule has 28 heavy (non-hydrogen) atoms. The van der Waals surface area contributed by atoms with Crippen LogP contribution in [0.3, 0.4) is 0 Å². The Morgan fingerprint density at radius 1 is 1.04 bits per heavy atom. The van der Waals surface area contributed by atoms with Crippen LogP contribution in [0.2, 0.25) is 0 Å². The third-order valence-electron chi connectivity index (χ3n) is 5.41. The van der Waals surface area contributed by atoms with Crippen LogP contribution in [-0.4, -0.2) is 31.4 Å². The van der Waals surface area contributed by atoms with Gasteiger partial charge in [-0.05, 0) is 31.2 Å². The number of imidazole rings is 1. The van der Waals surface area contributed by atoms with E-state index in [1.807, 2.05) is 65.7 Å². The van der Waals surface area contributed by atoms with Crippen molar-refractivity contribution in [2.24, 2.45) is 7.05 Å². The van der Waals surface area contributed by atoms with Gasteiger partial charge in [0.25, 0.3) is 11.5 Å². The Bertz CT molecular complexity index is 1290. The molecule has 0 unspecified atom stereocenters. The number of carbonyl (C=O) groups is 1. The minimum atomic E-state index is -0.122. The van der Waals surface area contributed by atoms with Gasteiger partial charge in [0.1, 0.15) is 11.4 Å². The van der Waals surface area contributed by atoms with Gasteiger partial charge in [-0.1, -0.05) is 24.3 Å². The Morgan fingerprint density at radius 3 is 2.61 bits per heavy atom. The van der Waals surface area contributed by atoms with E-state index in [0.717, 1.165) is 22.4 Å². The zero-order valence-corrected chi connectivity index (χ0v) is 15.6. The average molecular weight is 373 g/mol. The molecule has 5 rings (SSSR count). The monoisotopic (exact) mass is 373 g/mol. The lowest BCUT2D eigenvalue weighted by Crippen LogP contribution is -2.24. The summed E-state index contributed by atoms with van der Waals surface area (Å²) in [5, 5.41) is 2.91. The highest BCUT2D eigenvalue weighted by atomic mass is 16.2. The molecule has 140 valence electrons. The Labute approximate surface area is 160 Å². The molecule has 1 N–H and O–H groups in total. The molecule has 1 aliphatic heterocycles. The zero-order chi connectivity index (χ0) is 19.4. The maximum Gasteiger partial charge on any atom is 0.282 e. The third kappa shape index (κ3) is 2.19. The number of rotatable bonds is 2. The van der Waals surface area contributed by atoms with Crippen LogP contribution in [0.4, 0.5) is 0 Å². The topological polar surface area (TPSA) is 73.8 Å². The number of amides is 1. The van der Waals surface area contributed by atoms with Crippen LogP contribution in [0.1, 0.15) is 16.1 Å². The first kappa shape index (κ1) is 16.6. The van der Waals surface area contributed by atoms with Gasteiger partial charge in [-0.15, -0.1) is 0 Å². The fourth-order valence-corrected chi connectivity index (χ4v) is 3.98. The number of hydrogen-bond acceptors (Lipinski definition) is 3. The van der Waals surface area contributed by atoms with E-state index < -0.39 is 0 Å². The minimum Gasteiger partial charge on any atom is -0.350 e. The van der Waals surface area contributed by atoms with E-state index in [-0.39, 0.29) is 11.5 Å². The van der Waals surface area contributed by atoms with E-state index in [1.165, 1.54) is 0 Å². The summed E-state index contributed by atoms with van der Waals surface area (Å²) in [5.41, 5.74) is 4.15. The smallest absolute Gasteiger partial charge is 0.282 e. The second-order valence-corrected chi connectivity index (χ2v) is 6.95. The van der Waals surface area contributed by atoms with E-state index in [4.69, 9.17) is 4.98 Å². The molecule has 0 saturated carbocycles. The first-order chi connectivity index (χ1) is 13.6. The minimum absolute atomic E-state index is 0.109. The number of benzene rings is 2. The third-order valence-corrected chi connectivity index (χ3v) is 5.41. The number of carbonyl (C=O) groups excluding carboxylic acids is 1. The molecular formula is C21H19N5O2. The molecule has 2 aromatic heterocycles. The van der Waals surface area contributed by atoms with Crippen molar-refractivity contribution < 1.29 is 4.79 Å². The summed E-state index contributed by atoms with van der Waals surface area (Å²) in [7, 11) is 1.87. The summed E-state index contributed by atoms with van der Waals surface area (Å²) in [4.78, 5) is 30.6. The summed E-state index contributed by atoms with van der Waals surface area (Å²) in [6.45, 7) is 2.97.